The SMILES string of the molecule is CCCC(CC)(CC(=O)OC)NC. The third kappa shape index (κ3) is 3.77. The third-order valence-corrected chi connectivity index (χ3v) is 2.65. The molecule has 0 radical (unpaired) electrons. The summed E-state index contributed by atoms with van der Waals surface area (Å²) < 4.78 is 4.68. The van der Waals surface area contributed by atoms with Gasteiger partial charge in [-0.1, -0.05) is 20.3 Å². The van der Waals surface area contributed by atoms with Crippen LogP contribution < -0.4 is 5.32 Å². The predicted octanol–water partition coefficient (Wildman–Crippen LogP) is 1.72. The number of nitrogens with one attached hydrogen (secondary N) is 1. The van der Waals surface area contributed by atoms with Crippen LogP contribution in [0, 0.1) is 0 Å². The van der Waals surface area contributed by atoms with Gasteiger partial charge in [-0.15, -0.1) is 0 Å². The monoisotopic (exact) mass is 187 g/mol. The van der Waals surface area contributed by atoms with Gasteiger partial charge in [-0.05, 0) is 19.9 Å². The second-order valence-corrected chi connectivity index (χ2v) is 3.39. The van der Waals surface area contributed by atoms with E-state index >= 15 is 0 Å². The minimum Gasteiger partial charge on any atom is -0.469 e. The van der Waals surface area contributed by atoms with Crippen molar-refractivity contribution in [2.45, 2.75) is 45.1 Å². The smallest absolute Gasteiger partial charge is 0.307 e. The summed E-state index contributed by atoms with van der Waals surface area (Å²) in [5.74, 6) is -0.135. The maximum atomic E-state index is 11.2. The molecule has 1 unspecified atom stereocenters. The van der Waals surface area contributed by atoms with E-state index in [1.807, 2.05) is 7.05 Å². The highest BCUT2D eigenvalue weighted by atomic mass is 16.5. The van der Waals surface area contributed by atoms with Gasteiger partial charge in [0.05, 0.1) is 13.5 Å². The van der Waals surface area contributed by atoms with Crippen molar-refractivity contribution in [2.75, 3.05) is 14.2 Å². The fraction of sp³-hybridized carbons (Fsp3) is 0.900. The van der Waals surface area contributed by atoms with Gasteiger partial charge >= 0.3 is 5.97 Å². The summed E-state index contributed by atoms with van der Waals surface area (Å²) in [6.07, 6.45) is 3.50. The first-order chi connectivity index (χ1) is 6.14. The number of carbonyl (C=O) groups excluding carboxylic acids is 1. The van der Waals surface area contributed by atoms with Crippen molar-refractivity contribution >= 4 is 5.97 Å². The van der Waals surface area contributed by atoms with Gasteiger partial charge in [0.15, 0.2) is 0 Å². The van der Waals surface area contributed by atoms with Crippen LogP contribution in [0.5, 0.6) is 0 Å². The molecule has 0 aliphatic carbocycles. The van der Waals surface area contributed by atoms with Gasteiger partial charge in [0.1, 0.15) is 0 Å². The second kappa shape index (κ2) is 5.97. The maximum absolute atomic E-state index is 11.2. The summed E-state index contributed by atoms with van der Waals surface area (Å²) >= 11 is 0. The molecule has 1 N–H and O–H groups in total. The van der Waals surface area contributed by atoms with Crippen molar-refractivity contribution in [1.82, 2.24) is 5.32 Å². The Morgan fingerprint density at radius 3 is 2.38 bits per heavy atom. The number of carbonyl (C=O) groups is 1. The minimum atomic E-state index is -0.135. The van der Waals surface area contributed by atoms with Crippen LogP contribution in [0.15, 0.2) is 0 Å². The number of hydrogen-bond acceptors (Lipinski definition) is 3. The number of esters is 1. The van der Waals surface area contributed by atoms with Crippen molar-refractivity contribution in [3.05, 3.63) is 0 Å². The van der Waals surface area contributed by atoms with Crippen molar-refractivity contribution in [3.63, 3.8) is 0 Å². The van der Waals surface area contributed by atoms with Crippen molar-refractivity contribution in [2.24, 2.45) is 0 Å². The highest BCUT2D eigenvalue weighted by molar-refractivity contribution is 5.70. The van der Waals surface area contributed by atoms with E-state index in [0.29, 0.717) is 6.42 Å². The lowest BCUT2D eigenvalue weighted by atomic mass is 9.87. The van der Waals surface area contributed by atoms with Crippen LogP contribution in [0.25, 0.3) is 0 Å². The van der Waals surface area contributed by atoms with E-state index in [2.05, 4.69) is 23.9 Å². The quantitative estimate of drug-likeness (QED) is 0.643. The van der Waals surface area contributed by atoms with Gasteiger partial charge in [-0.25, -0.2) is 0 Å². The average molecular weight is 187 g/mol. The van der Waals surface area contributed by atoms with Crippen LogP contribution in [-0.4, -0.2) is 25.7 Å². The summed E-state index contributed by atoms with van der Waals surface area (Å²) in [6.45, 7) is 4.22. The summed E-state index contributed by atoms with van der Waals surface area (Å²) in [6, 6.07) is 0. The van der Waals surface area contributed by atoms with Gasteiger partial charge in [0.2, 0.25) is 0 Å². The predicted molar refractivity (Wildman–Crippen MR) is 53.6 cm³/mol. The minimum absolute atomic E-state index is 0.0676. The van der Waals surface area contributed by atoms with E-state index in [1.165, 1.54) is 7.11 Å². The maximum Gasteiger partial charge on any atom is 0.307 e. The summed E-state index contributed by atoms with van der Waals surface area (Å²) in [5.41, 5.74) is -0.0676. The normalized spacial score (nSPS) is 15.1. The average Bonchev–Trinajstić information content (AvgIpc) is 2.17. The molecule has 0 saturated carbocycles. The first-order valence-electron chi connectivity index (χ1n) is 4.89. The largest absolute Gasteiger partial charge is 0.469 e. The molecule has 0 aliphatic rings. The first-order valence-corrected chi connectivity index (χ1v) is 4.89. The Morgan fingerprint density at radius 2 is 2.08 bits per heavy atom. The Hall–Kier alpha value is -0.570. The molecular weight excluding hydrogens is 166 g/mol. The topological polar surface area (TPSA) is 38.3 Å². The van der Waals surface area contributed by atoms with E-state index in [-0.39, 0.29) is 11.5 Å². The summed E-state index contributed by atoms with van der Waals surface area (Å²) in [4.78, 5) is 11.2. The first kappa shape index (κ1) is 12.4. The lowest BCUT2D eigenvalue weighted by Gasteiger charge is -2.31. The number of hydrogen-bond donors (Lipinski definition) is 1. The Balaban J connectivity index is 4.28. The van der Waals surface area contributed by atoms with E-state index in [9.17, 15) is 4.79 Å². The number of methoxy groups -OCH3 is 1. The fourth-order valence-corrected chi connectivity index (χ4v) is 1.61. The van der Waals surface area contributed by atoms with E-state index in [1.54, 1.807) is 0 Å². The van der Waals surface area contributed by atoms with E-state index in [0.717, 1.165) is 19.3 Å². The molecule has 13 heavy (non-hydrogen) atoms. The Labute approximate surface area is 80.8 Å². The molecule has 3 heteroatoms. The van der Waals surface area contributed by atoms with Crippen LogP contribution in [0.4, 0.5) is 0 Å². The Kier molecular flexibility index (Phi) is 5.71. The van der Waals surface area contributed by atoms with Crippen molar-refractivity contribution < 1.29 is 9.53 Å². The van der Waals surface area contributed by atoms with Gasteiger partial charge in [0, 0.05) is 5.54 Å². The molecule has 0 amide bonds. The molecule has 0 rings (SSSR count). The molecular formula is C10H21NO2. The number of rotatable bonds is 6. The Morgan fingerprint density at radius 1 is 1.46 bits per heavy atom. The molecule has 3 nitrogen and oxygen atoms in total. The molecule has 0 saturated heterocycles. The molecule has 0 bridgehead atoms. The fourth-order valence-electron chi connectivity index (χ4n) is 1.61. The molecule has 0 aromatic carbocycles. The summed E-state index contributed by atoms with van der Waals surface area (Å²) in [5, 5.41) is 3.23. The van der Waals surface area contributed by atoms with E-state index in [4.69, 9.17) is 0 Å². The lowest BCUT2D eigenvalue weighted by molar-refractivity contribution is -0.142. The Bertz CT molecular complexity index is 153. The zero-order valence-electron chi connectivity index (χ0n) is 9.14. The van der Waals surface area contributed by atoms with Crippen LogP contribution in [0.2, 0.25) is 0 Å². The molecule has 0 spiro atoms. The molecule has 0 aromatic heterocycles. The standard InChI is InChI=1S/C10H21NO2/c1-5-7-10(6-2,11-3)8-9(12)13-4/h11H,5-8H2,1-4H3. The molecule has 0 aromatic rings. The van der Waals surface area contributed by atoms with Crippen molar-refractivity contribution in [3.8, 4) is 0 Å². The molecule has 0 heterocycles. The third-order valence-electron chi connectivity index (χ3n) is 2.65. The number of ether oxygens (including phenoxy) is 1. The van der Waals surface area contributed by atoms with Crippen LogP contribution in [-0.2, 0) is 9.53 Å². The molecule has 0 fully saturated rings. The van der Waals surface area contributed by atoms with Crippen LogP contribution >= 0.6 is 0 Å². The highest BCUT2D eigenvalue weighted by Crippen LogP contribution is 2.21. The molecule has 78 valence electrons. The van der Waals surface area contributed by atoms with Gasteiger partial charge in [0.25, 0.3) is 0 Å². The zero-order chi connectivity index (χ0) is 10.3. The van der Waals surface area contributed by atoms with Gasteiger partial charge < -0.3 is 10.1 Å². The molecule has 0 aliphatic heterocycles. The van der Waals surface area contributed by atoms with Gasteiger partial charge in [-0.2, -0.15) is 0 Å². The second-order valence-electron chi connectivity index (χ2n) is 3.39. The van der Waals surface area contributed by atoms with Crippen molar-refractivity contribution in [1.29, 1.82) is 0 Å². The van der Waals surface area contributed by atoms with E-state index < -0.39 is 0 Å². The lowest BCUT2D eigenvalue weighted by Crippen LogP contribution is -2.44. The highest BCUT2D eigenvalue weighted by Gasteiger charge is 2.28. The zero-order valence-corrected chi connectivity index (χ0v) is 9.14. The van der Waals surface area contributed by atoms with Crippen LogP contribution in [0.3, 0.4) is 0 Å². The van der Waals surface area contributed by atoms with Gasteiger partial charge in [-0.3, -0.25) is 4.79 Å². The summed E-state index contributed by atoms with van der Waals surface area (Å²) in [7, 11) is 3.34. The van der Waals surface area contributed by atoms with Crippen LogP contribution in [0.1, 0.15) is 39.5 Å². The molecule has 1 atom stereocenters.